The minimum Gasteiger partial charge on any atom is -0.497 e. The lowest BCUT2D eigenvalue weighted by atomic mass is 10.1. The molecule has 11 heteroatoms. The predicted molar refractivity (Wildman–Crippen MR) is 149 cm³/mol. The first-order valence-electron chi connectivity index (χ1n) is 11.8. The van der Waals surface area contributed by atoms with Gasteiger partial charge in [0.25, 0.3) is 10.0 Å². The van der Waals surface area contributed by atoms with E-state index in [0.29, 0.717) is 33.6 Å². The Bertz CT molecular complexity index is 1370. The van der Waals surface area contributed by atoms with Gasteiger partial charge in [-0.2, -0.15) is 0 Å². The zero-order valence-corrected chi connectivity index (χ0v) is 23.6. The lowest BCUT2D eigenvalue weighted by Gasteiger charge is -2.32. The van der Waals surface area contributed by atoms with E-state index >= 15 is 0 Å². The zero-order chi connectivity index (χ0) is 27.9. The van der Waals surface area contributed by atoms with E-state index in [1.165, 1.54) is 36.3 Å². The van der Waals surface area contributed by atoms with E-state index in [9.17, 15) is 18.0 Å². The quantitative estimate of drug-likeness (QED) is 0.354. The van der Waals surface area contributed by atoms with Crippen LogP contribution in [-0.2, 0) is 26.2 Å². The van der Waals surface area contributed by atoms with E-state index in [4.69, 9.17) is 27.9 Å². The van der Waals surface area contributed by atoms with Gasteiger partial charge in [0.15, 0.2) is 0 Å². The smallest absolute Gasteiger partial charge is 0.264 e. The van der Waals surface area contributed by atoms with Gasteiger partial charge in [0.05, 0.1) is 17.7 Å². The maximum Gasteiger partial charge on any atom is 0.264 e. The average Bonchev–Trinajstić information content (AvgIpc) is 2.91. The Hall–Kier alpha value is -3.27. The molecule has 0 aliphatic heterocycles. The van der Waals surface area contributed by atoms with E-state index in [0.717, 1.165) is 4.31 Å². The predicted octanol–water partition coefficient (Wildman–Crippen LogP) is 4.75. The first-order valence-corrected chi connectivity index (χ1v) is 14.0. The highest BCUT2D eigenvalue weighted by Crippen LogP contribution is 2.27. The summed E-state index contributed by atoms with van der Waals surface area (Å²) in [6.07, 6.45) is 0. The molecule has 0 saturated heterocycles. The molecule has 0 aliphatic carbocycles. The molecule has 1 atom stereocenters. The number of benzene rings is 3. The van der Waals surface area contributed by atoms with Crippen molar-refractivity contribution in [3.8, 4) is 5.75 Å². The molecule has 0 heterocycles. The van der Waals surface area contributed by atoms with Crippen molar-refractivity contribution in [2.75, 3.05) is 24.5 Å². The fourth-order valence-electron chi connectivity index (χ4n) is 3.74. The maximum absolute atomic E-state index is 13.8. The number of carbonyl (C=O) groups excluding carboxylic acids is 2. The fourth-order valence-corrected chi connectivity index (χ4v) is 5.62. The summed E-state index contributed by atoms with van der Waals surface area (Å²) in [5.74, 6) is -0.473. The van der Waals surface area contributed by atoms with Crippen LogP contribution in [0.15, 0.2) is 77.7 Å². The third-order valence-electron chi connectivity index (χ3n) is 5.84. The van der Waals surface area contributed by atoms with Crippen LogP contribution in [0.4, 0.5) is 5.69 Å². The van der Waals surface area contributed by atoms with Crippen molar-refractivity contribution in [3.63, 3.8) is 0 Å². The van der Waals surface area contributed by atoms with E-state index in [-0.39, 0.29) is 17.3 Å². The van der Waals surface area contributed by atoms with Gasteiger partial charge < -0.3 is 15.0 Å². The van der Waals surface area contributed by atoms with E-state index in [1.54, 1.807) is 62.4 Å². The van der Waals surface area contributed by atoms with Gasteiger partial charge in [-0.1, -0.05) is 47.5 Å². The molecule has 3 rings (SSSR count). The molecule has 0 spiro atoms. The van der Waals surface area contributed by atoms with Crippen LogP contribution in [-0.4, -0.2) is 51.4 Å². The van der Waals surface area contributed by atoms with Gasteiger partial charge in [0, 0.05) is 23.1 Å². The molecule has 3 aromatic rings. The molecule has 38 heavy (non-hydrogen) atoms. The molecule has 0 radical (unpaired) electrons. The highest BCUT2D eigenvalue weighted by molar-refractivity contribution is 7.92. The number of nitrogens with zero attached hydrogens (tertiary/aromatic N) is 2. The molecule has 0 bridgehead atoms. The lowest BCUT2D eigenvalue weighted by molar-refractivity contribution is -0.139. The molecule has 3 aromatic carbocycles. The van der Waals surface area contributed by atoms with Crippen LogP contribution in [0, 0.1) is 0 Å². The molecular formula is C27H29Cl2N3O5S. The van der Waals surface area contributed by atoms with Gasteiger partial charge >= 0.3 is 0 Å². The number of anilines is 1. The molecule has 202 valence electrons. The summed E-state index contributed by atoms with van der Waals surface area (Å²) in [6, 6.07) is 18.1. The van der Waals surface area contributed by atoms with Crippen LogP contribution in [0.2, 0.25) is 10.0 Å². The summed E-state index contributed by atoms with van der Waals surface area (Å²) in [6.45, 7) is 3.14. The van der Waals surface area contributed by atoms with Crippen LogP contribution >= 0.6 is 23.2 Å². The number of rotatable bonds is 11. The van der Waals surface area contributed by atoms with Crippen molar-refractivity contribution in [2.45, 2.75) is 31.3 Å². The van der Waals surface area contributed by atoms with Gasteiger partial charge in [-0.25, -0.2) is 8.42 Å². The lowest BCUT2D eigenvalue weighted by Crippen LogP contribution is -2.51. The van der Waals surface area contributed by atoms with Crippen molar-refractivity contribution < 1.29 is 22.7 Å². The normalized spacial score (nSPS) is 11.9. The summed E-state index contributed by atoms with van der Waals surface area (Å²) < 4.78 is 33.7. The van der Waals surface area contributed by atoms with Crippen LogP contribution in [0.1, 0.15) is 19.4 Å². The molecule has 0 aliphatic rings. The molecule has 0 saturated carbocycles. The first kappa shape index (κ1) is 29.3. The van der Waals surface area contributed by atoms with Crippen molar-refractivity contribution in [1.29, 1.82) is 0 Å². The van der Waals surface area contributed by atoms with Gasteiger partial charge in [0.1, 0.15) is 18.3 Å². The summed E-state index contributed by atoms with van der Waals surface area (Å²) >= 11 is 12.4. The molecule has 8 nitrogen and oxygen atoms in total. The second kappa shape index (κ2) is 13.0. The number of sulfonamides is 1. The van der Waals surface area contributed by atoms with Gasteiger partial charge in [-0.05, 0) is 67.9 Å². The number of nitrogens with one attached hydrogen (secondary N) is 1. The molecule has 1 N–H and O–H groups in total. The number of amides is 2. The van der Waals surface area contributed by atoms with E-state index in [1.807, 2.05) is 0 Å². The topological polar surface area (TPSA) is 96.0 Å². The van der Waals surface area contributed by atoms with Crippen molar-refractivity contribution in [2.24, 2.45) is 0 Å². The minimum atomic E-state index is -4.16. The SMILES string of the molecule is CCNC(=O)[C@@H](C)N(Cc1ccc(Cl)cc1Cl)C(=O)CN(c1ccccc1)S(=O)(=O)c1ccc(OC)cc1. The molecule has 0 fully saturated rings. The number of hydrogen-bond acceptors (Lipinski definition) is 5. The number of para-hydroxylation sites is 1. The fraction of sp³-hybridized carbons (Fsp3) is 0.259. The van der Waals surface area contributed by atoms with Gasteiger partial charge in [0.2, 0.25) is 11.8 Å². The number of hydrogen-bond donors (Lipinski definition) is 1. The second-order valence-corrected chi connectivity index (χ2v) is 11.1. The molecule has 2 amide bonds. The Balaban J connectivity index is 2.02. The number of ether oxygens (including phenoxy) is 1. The van der Waals surface area contributed by atoms with Crippen LogP contribution in [0.3, 0.4) is 0 Å². The Morgan fingerprint density at radius 1 is 1.00 bits per heavy atom. The van der Waals surface area contributed by atoms with Gasteiger partial charge in [-0.3, -0.25) is 13.9 Å². The van der Waals surface area contributed by atoms with Crippen LogP contribution in [0.5, 0.6) is 5.75 Å². The zero-order valence-electron chi connectivity index (χ0n) is 21.2. The summed E-state index contributed by atoms with van der Waals surface area (Å²) in [4.78, 5) is 27.8. The average molecular weight is 579 g/mol. The van der Waals surface area contributed by atoms with E-state index in [2.05, 4.69) is 5.32 Å². The number of methoxy groups -OCH3 is 1. The Labute approximate surface area is 233 Å². The maximum atomic E-state index is 13.8. The first-order chi connectivity index (χ1) is 18.1. The van der Waals surface area contributed by atoms with Gasteiger partial charge in [-0.15, -0.1) is 0 Å². The summed E-state index contributed by atoms with van der Waals surface area (Å²) in [7, 11) is -2.68. The molecule has 0 unspecified atom stereocenters. The van der Waals surface area contributed by atoms with Crippen molar-refractivity contribution in [3.05, 3.63) is 88.4 Å². The summed E-state index contributed by atoms with van der Waals surface area (Å²) in [5.41, 5.74) is 0.858. The van der Waals surface area contributed by atoms with Crippen molar-refractivity contribution >= 4 is 50.7 Å². The number of halogens is 2. The van der Waals surface area contributed by atoms with Crippen LogP contribution in [0.25, 0.3) is 0 Å². The van der Waals surface area contributed by atoms with Crippen LogP contribution < -0.4 is 14.4 Å². The molecular weight excluding hydrogens is 549 g/mol. The Morgan fingerprint density at radius 3 is 2.24 bits per heavy atom. The standard InChI is InChI=1S/C27H29Cl2N3O5S/c1-4-30-27(34)19(2)31(17-20-10-11-21(28)16-25(20)29)26(33)18-32(22-8-6-5-7-9-22)38(35,36)24-14-12-23(37-3)13-15-24/h5-16,19H,4,17-18H2,1-3H3,(H,30,34)/t19-/m1/s1. The van der Waals surface area contributed by atoms with E-state index < -0.39 is 28.5 Å². The summed E-state index contributed by atoms with van der Waals surface area (Å²) in [5, 5.41) is 3.46. The van der Waals surface area contributed by atoms with Crippen molar-refractivity contribution in [1.82, 2.24) is 10.2 Å². The largest absolute Gasteiger partial charge is 0.497 e. The number of likely N-dealkylation sites (N-methyl/N-ethyl adjacent to an activating group) is 1. The highest BCUT2D eigenvalue weighted by atomic mass is 35.5. The monoisotopic (exact) mass is 577 g/mol. The third-order valence-corrected chi connectivity index (χ3v) is 8.22. The Morgan fingerprint density at radius 2 is 1.66 bits per heavy atom. The minimum absolute atomic E-state index is 0.0148. The second-order valence-electron chi connectivity index (χ2n) is 8.35. The highest BCUT2D eigenvalue weighted by Gasteiger charge is 2.32. The molecule has 0 aromatic heterocycles. The Kier molecular flexibility index (Phi) is 10.0. The third kappa shape index (κ3) is 6.98. The number of carbonyl (C=O) groups is 2.